The van der Waals surface area contributed by atoms with Crippen molar-refractivity contribution in [3.8, 4) is 11.1 Å². The summed E-state index contributed by atoms with van der Waals surface area (Å²) in [5.74, 6) is 0.139. The largest absolute Gasteiger partial charge is 0.446 e. The van der Waals surface area contributed by atoms with Crippen molar-refractivity contribution in [1.29, 1.82) is 0 Å². The Balaban J connectivity index is 1.73. The summed E-state index contributed by atoms with van der Waals surface area (Å²) >= 11 is 0. The fraction of sp³-hybridized carbons (Fsp3) is 0.250. The van der Waals surface area contributed by atoms with Crippen LogP contribution in [0.15, 0.2) is 41.0 Å². The van der Waals surface area contributed by atoms with E-state index in [1.54, 1.807) is 6.26 Å². The van der Waals surface area contributed by atoms with Gasteiger partial charge in [0.1, 0.15) is 18.0 Å². The first-order chi connectivity index (χ1) is 10.7. The molecule has 2 N–H and O–H groups in total. The van der Waals surface area contributed by atoms with Crippen LogP contribution in [0.3, 0.4) is 0 Å². The average Bonchev–Trinajstić information content (AvgIpc) is 3.11. The molecule has 2 aliphatic heterocycles. The summed E-state index contributed by atoms with van der Waals surface area (Å²) in [5.41, 5.74) is 2.89. The van der Waals surface area contributed by atoms with Crippen LogP contribution < -0.4 is 15.5 Å². The third kappa shape index (κ3) is 1.95. The van der Waals surface area contributed by atoms with Crippen molar-refractivity contribution >= 4 is 23.4 Å². The van der Waals surface area contributed by atoms with Gasteiger partial charge in [-0.15, -0.1) is 0 Å². The molecule has 3 heterocycles. The van der Waals surface area contributed by atoms with Crippen molar-refractivity contribution in [1.82, 2.24) is 5.32 Å². The van der Waals surface area contributed by atoms with Crippen LogP contribution in [0.4, 0.5) is 11.6 Å². The number of fused-ring (bicyclic) bond motifs is 1. The molecule has 22 heavy (non-hydrogen) atoms. The van der Waals surface area contributed by atoms with Crippen molar-refractivity contribution < 1.29 is 14.0 Å². The first-order valence-electron chi connectivity index (χ1n) is 7.25. The quantitative estimate of drug-likeness (QED) is 0.824. The number of hydrogen-bond acceptors (Lipinski definition) is 5. The highest BCUT2D eigenvalue weighted by Crippen LogP contribution is 2.41. The Kier molecular flexibility index (Phi) is 2.89. The number of carbonyl (C=O) groups excluding carboxylic acids is 2. The van der Waals surface area contributed by atoms with Crippen molar-refractivity contribution in [2.75, 3.05) is 23.3 Å². The minimum atomic E-state index is -0.483. The molecule has 1 aromatic heterocycles. The summed E-state index contributed by atoms with van der Waals surface area (Å²) in [4.78, 5) is 25.2. The van der Waals surface area contributed by atoms with E-state index in [-0.39, 0.29) is 18.2 Å². The highest BCUT2D eigenvalue weighted by molar-refractivity contribution is 6.07. The number of imide groups is 1. The summed E-state index contributed by atoms with van der Waals surface area (Å²) in [7, 11) is 0. The molecule has 6 heteroatoms. The lowest BCUT2D eigenvalue weighted by Crippen LogP contribution is -2.45. The highest BCUT2D eigenvalue weighted by Gasteiger charge is 2.39. The van der Waals surface area contributed by atoms with Gasteiger partial charge in [0.05, 0.1) is 6.42 Å². The third-order valence-corrected chi connectivity index (χ3v) is 4.09. The van der Waals surface area contributed by atoms with Crippen LogP contribution in [0.2, 0.25) is 0 Å². The number of rotatable bonds is 2. The van der Waals surface area contributed by atoms with E-state index in [2.05, 4.69) is 10.6 Å². The molecule has 112 valence electrons. The van der Waals surface area contributed by atoms with Crippen LogP contribution in [0.25, 0.3) is 11.1 Å². The second-order valence-corrected chi connectivity index (χ2v) is 5.45. The van der Waals surface area contributed by atoms with Crippen LogP contribution >= 0.6 is 0 Å². The Labute approximate surface area is 127 Å². The lowest BCUT2D eigenvalue weighted by molar-refractivity contribution is -0.125. The second-order valence-electron chi connectivity index (χ2n) is 5.45. The standard InChI is InChI=1S/C16H15N3O3/c20-13-8-12(15(21)18-13)19-7-6-17-14-11(9-22-16(14)19)10-4-2-1-3-5-10/h1-5,9,12,17H,6-8H2,(H,18,20,21). The van der Waals surface area contributed by atoms with Gasteiger partial charge in [-0.1, -0.05) is 30.3 Å². The summed E-state index contributed by atoms with van der Waals surface area (Å²) in [6.07, 6.45) is 1.87. The van der Waals surface area contributed by atoms with Crippen molar-refractivity contribution in [2.24, 2.45) is 0 Å². The molecule has 0 saturated carbocycles. The monoisotopic (exact) mass is 297 g/mol. The van der Waals surface area contributed by atoms with Crippen molar-refractivity contribution in [3.63, 3.8) is 0 Å². The SMILES string of the molecule is O=C1CC(N2CCNc3c(-c4ccccc4)coc32)C(=O)N1. The fourth-order valence-corrected chi connectivity index (χ4v) is 3.05. The molecule has 2 aliphatic rings. The third-order valence-electron chi connectivity index (χ3n) is 4.09. The molecule has 4 rings (SSSR count). The number of amides is 2. The van der Waals surface area contributed by atoms with Crippen LogP contribution in [-0.2, 0) is 9.59 Å². The molecule has 1 aromatic carbocycles. The number of carbonyl (C=O) groups is 2. The number of benzene rings is 1. The molecule has 1 atom stereocenters. The molecule has 2 aromatic rings. The van der Waals surface area contributed by atoms with E-state index < -0.39 is 6.04 Å². The Morgan fingerprint density at radius 2 is 2.00 bits per heavy atom. The molecule has 1 saturated heterocycles. The Morgan fingerprint density at radius 1 is 1.18 bits per heavy atom. The molecule has 0 bridgehead atoms. The van der Waals surface area contributed by atoms with Crippen LogP contribution in [0.5, 0.6) is 0 Å². The summed E-state index contributed by atoms with van der Waals surface area (Å²) in [6, 6.07) is 9.44. The maximum Gasteiger partial charge on any atom is 0.249 e. The molecule has 0 spiro atoms. The molecule has 0 radical (unpaired) electrons. The number of hydrogen-bond donors (Lipinski definition) is 2. The predicted molar refractivity (Wildman–Crippen MR) is 81.5 cm³/mol. The van der Waals surface area contributed by atoms with E-state index in [1.807, 2.05) is 35.2 Å². The average molecular weight is 297 g/mol. The molecule has 1 unspecified atom stereocenters. The molecular formula is C16H15N3O3. The molecule has 1 fully saturated rings. The van der Waals surface area contributed by atoms with E-state index in [1.165, 1.54) is 0 Å². The number of anilines is 2. The maximum atomic E-state index is 11.9. The van der Waals surface area contributed by atoms with Gasteiger partial charge >= 0.3 is 0 Å². The van der Waals surface area contributed by atoms with Gasteiger partial charge < -0.3 is 14.6 Å². The van der Waals surface area contributed by atoms with E-state index in [4.69, 9.17) is 4.42 Å². The number of nitrogens with zero attached hydrogens (tertiary/aromatic N) is 1. The van der Waals surface area contributed by atoms with E-state index in [9.17, 15) is 9.59 Å². The lowest BCUT2D eigenvalue weighted by atomic mass is 10.1. The van der Waals surface area contributed by atoms with Crippen LogP contribution in [0, 0.1) is 0 Å². The summed E-state index contributed by atoms with van der Waals surface area (Å²) < 4.78 is 5.72. The lowest BCUT2D eigenvalue weighted by Gasteiger charge is -2.31. The van der Waals surface area contributed by atoms with Gasteiger partial charge in [0, 0.05) is 18.7 Å². The normalized spacial score (nSPS) is 20.5. The van der Waals surface area contributed by atoms with Crippen LogP contribution in [0.1, 0.15) is 6.42 Å². The summed E-state index contributed by atoms with van der Waals surface area (Å²) in [6.45, 7) is 1.32. The van der Waals surface area contributed by atoms with Gasteiger partial charge in [0.2, 0.25) is 17.7 Å². The van der Waals surface area contributed by atoms with Gasteiger partial charge in [-0.05, 0) is 5.56 Å². The van der Waals surface area contributed by atoms with Crippen LogP contribution in [-0.4, -0.2) is 30.9 Å². The van der Waals surface area contributed by atoms with Crippen molar-refractivity contribution in [3.05, 3.63) is 36.6 Å². The summed E-state index contributed by atoms with van der Waals surface area (Å²) in [5, 5.41) is 5.69. The van der Waals surface area contributed by atoms with Gasteiger partial charge in [0.25, 0.3) is 0 Å². The molecule has 6 nitrogen and oxygen atoms in total. The first-order valence-corrected chi connectivity index (χ1v) is 7.25. The minimum absolute atomic E-state index is 0.180. The van der Waals surface area contributed by atoms with Gasteiger partial charge in [-0.2, -0.15) is 0 Å². The van der Waals surface area contributed by atoms with Gasteiger partial charge in [-0.3, -0.25) is 14.9 Å². The van der Waals surface area contributed by atoms with Gasteiger partial charge in [-0.25, -0.2) is 0 Å². The zero-order valence-electron chi connectivity index (χ0n) is 11.8. The Hall–Kier alpha value is -2.76. The smallest absolute Gasteiger partial charge is 0.249 e. The van der Waals surface area contributed by atoms with E-state index in [0.29, 0.717) is 19.0 Å². The zero-order valence-corrected chi connectivity index (χ0v) is 11.8. The fourth-order valence-electron chi connectivity index (χ4n) is 3.05. The zero-order chi connectivity index (χ0) is 15.1. The minimum Gasteiger partial charge on any atom is -0.446 e. The first kappa shape index (κ1) is 12.9. The van der Waals surface area contributed by atoms with Gasteiger partial charge in [0.15, 0.2) is 0 Å². The molecule has 2 amide bonds. The second kappa shape index (κ2) is 4.91. The van der Waals surface area contributed by atoms with Crippen molar-refractivity contribution in [2.45, 2.75) is 12.5 Å². The van der Waals surface area contributed by atoms with E-state index >= 15 is 0 Å². The topological polar surface area (TPSA) is 74.6 Å². The predicted octanol–water partition coefficient (Wildman–Crippen LogP) is 1.59. The number of nitrogens with one attached hydrogen (secondary N) is 2. The Morgan fingerprint density at radius 3 is 2.73 bits per heavy atom. The van der Waals surface area contributed by atoms with E-state index in [0.717, 1.165) is 16.8 Å². The molecular weight excluding hydrogens is 282 g/mol. The maximum absolute atomic E-state index is 11.9. The molecule has 0 aliphatic carbocycles. The number of furan rings is 1. The highest BCUT2D eigenvalue weighted by atomic mass is 16.3. The Bertz CT molecular complexity index is 738.